The van der Waals surface area contributed by atoms with Crippen LogP contribution < -0.4 is 20.8 Å². The number of methoxy groups -OCH3 is 1. The van der Waals surface area contributed by atoms with E-state index in [-0.39, 0.29) is 34.9 Å². The lowest BCUT2D eigenvalue weighted by Crippen LogP contribution is -2.16. The van der Waals surface area contributed by atoms with Gasteiger partial charge in [-0.1, -0.05) is 41.9 Å². The summed E-state index contributed by atoms with van der Waals surface area (Å²) in [5.41, 5.74) is 6.01. The van der Waals surface area contributed by atoms with Crippen LogP contribution in [0, 0.1) is 22.7 Å². The van der Waals surface area contributed by atoms with Gasteiger partial charge in [-0.2, -0.15) is 10.5 Å². The highest BCUT2D eigenvalue weighted by atomic mass is 35.5. The van der Waals surface area contributed by atoms with Crippen molar-refractivity contribution in [3.05, 3.63) is 74.5 Å². The molecule has 1 heterocycles. The third-order valence-electron chi connectivity index (χ3n) is 4.27. The molecule has 3 aromatic rings. The molecular weight excluding hydrogens is 392 g/mol. The van der Waals surface area contributed by atoms with Gasteiger partial charge in [0.05, 0.1) is 7.11 Å². The number of benzene rings is 2. The van der Waals surface area contributed by atoms with Crippen molar-refractivity contribution in [2.75, 3.05) is 12.8 Å². The zero-order valence-corrected chi connectivity index (χ0v) is 16.1. The van der Waals surface area contributed by atoms with Crippen molar-refractivity contribution in [1.82, 2.24) is 4.98 Å². The molecule has 0 atom stereocenters. The number of pyridine rings is 1. The number of anilines is 1. The fourth-order valence-electron chi connectivity index (χ4n) is 2.90. The maximum absolute atomic E-state index is 12.3. The second kappa shape index (κ2) is 8.39. The van der Waals surface area contributed by atoms with Crippen molar-refractivity contribution in [2.24, 2.45) is 0 Å². The van der Waals surface area contributed by atoms with Crippen molar-refractivity contribution < 1.29 is 9.47 Å². The standard InChI is InChI=1S/C21H15ClN4O3/c1-28-17-8-4-6-13(19(17)29-11-12-5-2-3-7-16(12)22)18-14(9-23)20(25)26-21(27)15(18)10-24/h2-8H,11H2,1H3,(H3,25,26,27). The van der Waals surface area contributed by atoms with Crippen molar-refractivity contribution >= 4 is 17.4 Å². The van der Waals surface area contributed by atoms with Gasteiger partial charge in [0.1, 0.15) is 35.7 Å². The first-order chi connectivity index (χ1) is 14.0. The van der Waals surface area contributed by atoms with Gasteiger partial charge >= 0.3 is 0 Å². The van der Waals surface area contributed by atoms with Gasteiger partial charge in [0.15, 0.2) is 11.5 Å². The van der Waals surface area contributed by atoms with Gasteiger partial charge in [-0.05, 0) is 12.1 Å². The number of nitrogen functional groups attached to an aromatic ring is 1. The van der Waals surface area contributed by atoms with E-state index in [1.807, 2.05) is 24.3 Å². The number of halogens is 1. The normalized spacial score (nSPS) is 10.1. The number of nitrogens with two attached hydrogens (primary N) is 1. The van der Waals surface area contributed by atoms with Gasteiger partial charge in [-0.15, -0.1) is 0 Å². The van der Waals surface area contributed by atoms with E-state index in [2.05, 4.69) is 4.98 Å². The molecular formula is C21H15ClN4O3. The molecule has 1 aromatic heterocycles. The quantitative estimate of drug-likeness (QED) is 0.666. The molecule has 144 valence electrons. The SMILES string of the molecule is COc1cccc(-c2c(C#N)c(N)[nH]c(=O)c2C#N)c1OCc1ccccc1Cl. The van der Waals surface area contributed by atoms with Gasteiger partial charge in [-0.3, -0.25) is 4.79 Å². The Hall–Kier alpha value is -3.94. The van der Waals surface area contributed by atoms with Crippen LogP contribution in [0.2, 0.25) is 5.02 Å². The molecule has 0 bridgehead atoms. The smallest absolute Gasteiger partial charge is 0.268 e. The Labute approximate surface area is 171 Å². The predicted molar refractivity (Wildman–Crippen MR) is 109 cm³/mol. The minimum absolute atomic E-state index is 0.0306. The van der Waals surface area contributed by atoms with Gasteiger partial charge < -0.3 is 20.2 Å². The van der Waals surface area contributed by atoms with E-state index in [1.54, 1.807) is 30.3 Å². The van der Waals surface area contributed by atoms with Crippen molar-refractivity contribution in [1.29, 1.82) is 10.5 Å². The van der Waals surface area contributed by atoms with Crippen LogP contribution in [0.1, 0.15) is 16.7 Å². The highest BCUT2D eigenvalue weighted by Gasteiger charge is 2.23. The summed E-state index contributed by atoms with van der Waals surface area (Å²) in [4.78, 5) is 14.6. The number of ether oxygens (including phenoxy) is 2. The zero-order valence-electron chi connectivity index (χ0n) is 15.3. The second-order valence-electron chi connectivity index (χ2n) is 5.93. The first kappa shape index (κ1) is 19.8. The van der Waals surface area contributed by atoms with Crippen LogP contribution in [0.5, 0.6) is 11.5 Å². The number of rotatable bonds is 5. The number of para-hydroxylation sites is 1. The van der Waals surface area contributed by atoms with Gasteiger partial charge in [0.25, 0.3) is 5.56 Å². The molecule has 0 saturated heterocycles. The van der Waals surface area contributed by atoms with E-state index in [9.17, 15) is 15.3 Å². The Morgan fingerprint density at radius 2 is 1.83 bits per heavy atom. The molecule has 0 saturated carbocycles. The molecule has 29 heavy (non-hydrogen) atoms. The van der Waals surface area contributed by atoms with Crippen LogP contribution >= 0.6 is 11.6 Å². The van der Waals surface area contributed by atoms with Crippen LogP contribution in [0.3, 0.4) is 0 Å². The Morgan fingerprint density at radius 1 is 1.10 bits per heavy atom. The molecule has 0 fully saturated rings. The van der Waals surface area contributed by atoms with E-state index in [1.165, 1.54) is 7.11 Å². The summed E-state index contributed by atoms with van der Waals surface area (Å²) in [7, 11) is 1.46. The van der Waals surface area contributed by atoms with E-state index in [4.69, 9.17) is 26.8 Å². The number of aromatic amines is 1. The molecule has 7 nitrogen and oxygen atoms in total. The maximum atomic E-state index is 12.3. The number of nitrogens with zero attached hydrogens (tertiary/aromatic N) is 2. The summed E-state index contributed by atoms with van der Waals surface area (Å²) in [5.74, 6) is 0.487. The van der Waals surface area contributed by atoms with Crippen molar-refractivity contribution in [2.45, 2.75) is 6.61 Å². The maximum Gasteiger partial charge on any atom is 0.268 e. The molecule has 0 unspecified atom stereocenters. The minimum atomic E-state index is -0.695. The highest BCUT2D eigenvalue weighted by molar-refractivity contribution is 6.31. The molecule has 2 aromatic carbocycles. The van der Waals surface area contributed by atoms with Gasteiger partial charge in [-0.25, -0.2) is 0 Å². The monoisotopic (exact) mass is 406 g/mol. The van der Waals surface area contributed by atoms with Crippen LogP contribution in [0.15, 0.2) is 47.3 Å². The van der Waals surface area contributed by atoms with Crippen molar-refractivity contribution in [3.8, 4) is 34.8 Å². The third kappa shape index (κ3) is 3.73. The Bertz CT molecular complexity index is 1220. The molecule has 3 rings (SSSR count). The number of hydrogen-bond donors (Lipinski definition) is 2. The average molecular weight is 407 g/mol. The predicted octanol–water partition coefficient (Wildman–Crippen LogP) is 3.61. The van der Waals surface area contributed by atoms with E-state index in [0.29, 0.717) is 16.3 Å². The number of hydrogen-bond acceptors (Lipinski definition) is 6. The van der Waals surface area contributed by atoms with Gasteiger partial charge in [0.2, 0.25) is 0 Å². The van der Waals surface area contributed by atoms with E-state index >= 15 is 0 Å². The number of aromatic nitrogens is 1. The topological polar surface area (TPSA) is 125 Å². The van der Waals surface area contributed by atoms with E-state index < -0.39 is 5.56 Å². The number of nitrogens with one attached hydrogen (secondary N) is 1. The average Bonchev–Trinajstić information content (AvgIpc) is 2.72. The van der Waals surface area contributed by atoms with E-state index in [0.717, 1.165) is 5.56 Å². The second-order valence-corrected chi connectivity index (χ2v) is 6.34. The summed E-state index contributed by atoms with van der Waals surface area (Å²) in [6, 6.07) is 15.9. The molecule has 0 aliphatic rings. The molecule has 0 aliphatic heterocycles. The van der Waals surface area contributed by atoms with Crippen LogP contribution in [0.4, 0.5) is 5.82 Å². The van der Waals surface area contributed by atoms with Crippen molar-refractivity contribution in [3.63, 3.8) is 0 Å². The first-order valence-electron chi connectivity index (χ1n) is 8.41. The lowest BCUT2D eigenvalue weighted by Gasteiger charge is -2.17. The Kier molecular flexibility index (Phi) is 5.73. The van der Waals surface area contributed by atoms with Crippen LogP contribution in [0.25, 0.3) is 11.1 Å². The lowest BCUT2D eigenvalue weighted by atomic mass is 9.95. The summed E-state index contributed by atoms with van der Waals surface area (Å²) in [6.45, 7) is 0.107. The summed E-state index contributed by atoms with van der Waals surface area (Å²) < 4.78 is 11.4. The highest BCUT2D eigenvalue weighted by Crippen LogP contribution is 2.41. The Morgan fingerprint density at radius 3 is 2.48 bits per heavy atom. The zero-order chi connectivity index (χ0) is 21.0. The summed E-state index contributed by atoms with van der Waals surface area (Å²) in [6.07, 6.45) is 0. The van der Waals surface area contributed by atoms with Crippen LogP contribution in [-0.4, -0.2) is 12.1 Å². The summed E-state index contributed by atoms with van der Waals surface area (Å²) in [5, 5.41) is 19.6. The lowest BCUT2D eigenvalue weighted by molar-refractivity contribution is 0.286. The molecule has 0 aliphatic carbocycles. The molecule has 0 spiro atoms. The molecule has 0 amide bonds. The fraction of sp³-hybridized carbons (Fsp3) is 0.0952. The largest absolute Gasteiger partial charge is 0.493 e. The first-order valence-corrected chi connectivity index (χ1v) is 8.79. The minimum Gasteiger partial charge on any atom is -0.493 e. The molecule has 3 N–H and O–H groups in total. The Balaban J connectivity index is 2.23. The van der Waals surface area contributed by atoms with Crippen LogP contribution in [-0.2, 0) is 6.61 Å². The third-order valence-corrected chi connectivity index (χ3v) is 4.63. The molecule has 8 heteroatoms. The number of H-pyrrole nitrogens is 1. The fourth-order valence-corrected chi connectivity index (χ4v) is 3.09. The number of nitriles is 2. The van der Waals surface area contributed by atoms with Gasteiger partial charge in [0, 0.05) is 21.7 Å². The summed E-state index contributed by atoms with van der Waals surface area (Å²) >= 11 is 6.20. The molecule has 0 radical (unpaired) electrons.